The second-order valence-corrected chi connectivity index (χ2v) is 3.78. The van der Waals surface area contributed by atoms with Crippen LogP contribution in [-0.4, -0.2) is 23.3 Å². The minimum atomic E-state index is 0.788. The molecule has 0 N–H and O–H groups in total. The van der Waals surface area contributed by atoms with E-state index in [0.29, 0.717) is 0 Å². The molecule has 2 rings (SSSR count). The summed E-state index contributed by atoms with van der Waals surface area (Å²) in [4.78, 5) is 2.32. The highest BCUT2D eigenvalue weighted by molar-refractivity contribution is 5.36. The van der Waals surface area contributed by atoms with Gasteiger partial charge < -0.3 is 4.90 Å². The molecule has 0 radical (unpaired) electrons. The van der Waals surface area contributed by atoms with Crippen molar-refractivity contribution in [2.75, 3.05) is 18.0 Å². The maximum atomic E-state index is 4.11. The van der Waals surface area contributed by atoms with Crippen LogP contribution in [0.5, 0.6) is 0 Å². The van der Waals surface area contributed by atoms with Crippen LogP contribution in [0.4, 0.5) is 5.82 Å². The summed E-state index contributed by atoms with van der Waals surface area (Å²) < 4.78 is 0. The van der Waals surface area contributed by atoms with Gasteiger partial charge in [0.15, 0.2) is 5.82 Å². The normalized spacial score (nSPS) is 23.2. The lowest BCUT2D eigenvalue weighted by Crippen LogP contribution is -2.34. The lowest BCUT2D eigenvalue weighted by Gasteiger charge is -2.31. The van der Waals surface area contributed by atoms with Crippen molar-refractivity contribution in [1.82, 2.24) is 10.2 Å². The predicted molar refractivity (Wildman–Crippen MR) is 52.6 cm³/mol. The first-order valence-corrected chi connectivity index (χ1v) is 4.89. The first-order chi connectivity index (χ1) is 6.36. The van der Waals surface area contributed by atoms with Crippen LogP contribution in [0, 0.1) is 5.92 Å². The van der Waals surface area contributed by atoms with Crippen LogP contribution in [0.2, 0.25) is 0 Å². The average Bonchev–Trinajstić information content (AvgIpc) is 2.19. The Bertz CT molecular complexity index is 260. The fourth-order valence-electron chi connectivity index (χ4n) is 1.86. The second-order valence-electron chi connectivity index (χ2n) is 3.78. The fourth-order valence-corrected chi connectivity index (χ4v) is 1.86. The van der Waals surface area contributed by atoms with E-state index in [4.69, 9.17) is 0 Å². The number of hydrogen-bond donors (Lipinski definition) is 0. The van der Waals surface area contributed by atoms with Crippen molar-refractivity contribution in [3.8, 4) is 0 Å². The van der Waals surface area contributed by atoms with Crippen LogP contribution in [0.25, 0.3) is 0 Å². The zero-order valence-electron chi connectivity index (χ0n) is 7.98. The SMILES string of the molecule is CC1CCCN(c2cccnn2)C1. The van der Waals surface area contributed by atoms with Gasteiger partial charge in [-0.2, -0.15) is 5.10 Å². The summed E-state index contributed by atoms with van der Waals surface area (Å²) >= 11 is 0. The Morgan fingerprint density at radius 2 is 2.46 bits per heavy atom. The van der Waals surface area contributed by atoms with Crippen LogP contribution in [0.3, 0.4) is 0 Å². The van der Waals surface area contributed by atoms with Crippen molar-refractivity contribution >= 4 is 5.82 Å². The summed E-state index contributed by atoms with van der Waals surface area (Å²) in [5, 5.41) is 8.01. The number of anilines is 1. The highest BCUT2D eigenvalue weighted by atomic mass is 15.3. The molecule has 0 saturated carbocycles. The third-order valence-corrected chi connectivity index (χ3v) is 2.54. The molecule has 1 unspecified atom stereocenters. The van der Waals surface area contributed by atoms with E-state index in [1.807, 2.05) is 12.1 Å². The van der Waals surface area contributed by atoms with E-state index in [9.17, 15) is 0 Å². The van der Waals surface area contributed by atoms with Crippen molar-refractivity contribution in [2.45, 2.75) is 19.8 Å². The van der Waals surface area contributed by atoms with Gasteiger partial charge in [-0.15, -0.1) is 5.10 Å². The maximum absolute atomic E-state index is 4.11. The fraction of sp³-hybridized carbons (Fsp3) is 0.600. The van der Waals surface area contributed by atoms with Gasteiger partial charge in [0.1, 0.15) is 0 Å². The van der Waals surface area contributed by atoms with Crippen LogP contribution in [-0.2, 0) is 0 Å². The molecule has 13 heavy (non-hydrogen) atoms. The highest BCUT2D eigenvalue weighted by Gasteiger charge is 2.16. The van der Waals surface area contributed by atoms with Gasteiger partial charge in [0.25, 0.3) is 0 Å². The van der Waals surface area contributed by atoms with E-state index >= 15 is 0 Å². The van der Waals surface area contributed by atoms with Gasteiger partial charge >= 0.3 is 0 Å². The summed E-state index contributed by atoms with van der Waals surface area (Å²) in [6.45, 7) is 4.55. The van der Waals surface area contributed by atoms with Gasteiger partial charge in [0.2, 0.25) is 0 Å². The Morgan fingerprint density at radius 1 is 1.54 bits per heavy atom. The van der Waals surface area contributed by atoms with E-state index in [1.54, 1.807) is 6.20 Å². The Labute approximate surface area is 78.8 Å². The van der Waals surface area contributed by atoms with E-state index in [2.05, 4.69) is 22.0 Å². The van der Waals surface area contributed by atoms with Crippen LogP contribution in [0.1, 0.15) is 19.8 Å². The molecule has 1 atom stereocenters. The molecule has 3 nitrogen and oxygen atoms in total. The minimum Gasteiger partial charge on any atom is -0.355 e. The molecule has 1 saturated heterocycles. The Balaban J connectivity index is 2.08. The van der Waals surface area contributed by atoms with Crippen LogP contribution in [0.15, 0.2) is 18.3 Å². The largest absolute Gasteiger partial charge is 0.355 e. The minimum absolute atomic E-state index is 0.788. The van der Waals surface area contributed by atoms with E-state index in [-0.39, 0.29) is 0 Å². The monoisotopic (exact) mass is 177 g/mol. The standard InChI is InChI=1S/C10H15N3/c1-9-4-3-7-13(8-9)10-5-2-6-11-12-10/h2,5-6,9H,3-4,7-8H2,1H3. The number of piperidine rings is 1. The van der Waals surface area contributed by atoms with Gasteiger partial charge in [-0.3, -0.25) is 0 Å². The summed E-state index contributed by atoms with van der Waals surface area (Å²) in [6.07, 6.45) is 4.34. The number of rotatable bonds is 1. The molecule has 1 aliphatic heterocycles. The first kappa shape index (κ1) is 8.48. The van der Waals surface area contributed by atoms with E-state index in [0.717, 1.165) is 24.8 Å². The van der Waals surface area contributed by atoms with E-state index < -0.39 is 0 Å². The Morgan fingerprint density at radius 3 is 3.15 bits per heavy atom. The molecular weight excluding hydrogens is 162 g/mol. The first-order valence-electron chi connectivity index (χ1n) is 4.89. The number of hydrogen-bond acceptors (Lipinski definition) is 3. The van der Waals surface area contributed by atoms with E-state index in [1.165, 1.54) is 12.8 Å². The summed E-state index contributed by atoms with van der Waals surface area (Å²) in [5.41, 5.74) is 0. The smallest absolute Gasteiger partial charge is 0.151 e. The molecule has 0 spiro atoms. The summed E-state index contributed by atoms with van der Waals surface area (Å²) in [5.74, 6) is 1.81. The number of nitrogens with zero attached hydrogens (tertiary/aromatic N) is 3. The average molecular weight is 177 g/mol. The van der Waals surface area contributed by atoms with Crippen LogP contribution < -0.4 is 4.90 Å². The molecule has 1 aliphatic rings. The quantitative estimate of drug-likeness (QED) is 0.654. The zero-order valence-corrected chi connectivity index (χ0v) is 7.98. The molecule has 1 aromatic rings. The molecule has 3 heteroatoms. The highest BCUT2D eigenvalue weighted by Crippen LogP contribution is 2.19. The molecule has 70 valence electrons. The summed E-state index contributed by atoms with van der Waals surface area (Å²) in [6, 6.07) is 3.98. The van der Waals surface area contributed by atoms with Crippen molar-refractivity contribution in [3.63, 3.8) is 0 Å². The molecule has 0 aliphatic carbocycles. The van der Waals surface area contributed by atoms with Gasteiger partial charge in [0.05, 0.1) is 0 Å². The zero-order chi connectivity index (χ0) is 9.10. The third-order valence-electron chi connectivity index (χ3n) is 2.54. The lowest BCUT2D eigenvalue weighted by atomic mass is 10.0. The third kappa shape index (κ3) is 1.97. The molecule has 1 aromatic heterocycles. The second kappa shape index (κ2) is 3.73. The summed E-state index contributed by atoms with van der Waals surface area (Å²) in [7, 11) is 0. The molecule has 0 aromatic carbocycles. The van der Waals surface area contributed by atoms with Gasteiger partial charge in [-0.25, -0.2) is 0 Å². The Kier molecular flexibility index (Phi) is 2.43. The van der Waals surface area contributed by atoms with Gasteiger partial charge in [0, 0.05) is 19.3 Å². The number of aromatic nitrogens is 2. The molecular formula is C10H15N3. The maximum Gasteiger partial charge on any atom is 0.151 e. The van der Waals surface area contributed by atoms with Crippen molar-refractivity contribution in [2.24, 2.45) is 5.92 Å². The lowest BCUT2D eigenvalue weighted by molar-refractivity contribution is 0.443. The van der Waals surface area contributed by atoms with Gasteiger partial charge in [-0.05, 0) is 30.9 Å². The van der Waals surface area contributed by atoms with Gasteiger partial charge in [-0.1, -0.05) is 6.92 Å². The topological polar surface area (TPSA) is 29.0 Å². The van der Waals surface area contributed by atoms with Crippen molar-refractivity contribution in [3.05, 3.63) is 18.3 Å². The predicted octanol–water partition coefficient (Wildman–Crippen LogP) is 1.71. The molecule has 0 amide bonds. The van der Waals surface area contributed by atoms with Crippen LogP contribution >= 0.6 is 0 Å². The molecule has 2 heterocycles. The van der Waals surface area contributed by atoms with Crippen molar-refractivity contribution in [1.29, 1.82) is 0 Å². The van der Waals surface area contributed by atoms with Crippen molar-refractivity contribution < 1.29 is 0 Å². The molecule has 1 fully saturated rings. The Hall–Kier alpha value is -1.12. The molecule has 0 bridgehead atoms.